The SMILES string of the molecule is O=C(Nc1ccc(S(=O)(=O)Nc2ccc(F)cc2)cc1)c1ccccc1I. The summed E-state index contributed by atoms with van der Waals surface area (Å²) < 4.78 is 40.9. The highest BCUT2D eigenvalue weighted by Gasteiger charge is 2.15. The largest absolute Gasteiger partial charge is 0.322 e. The average Bonchev–Trinajstić information content (AvgIpc) is 2.64. The van der Waals surface area contributed by atoms with Crippen molar-refractivity contribution in [2.75, 3.05) is 10.0 Å². The number of carbonyl (C=O) groups excluding carboxylic acids is 1. The Bertz CT molecular complexity index is 1070. The highest BCUT2D eigenvalue weighted by molar-refractivity contribution is 14.1. The van der Waals surface area contributed by atoms with Gasteiger partial charge in [0.1, 0.15) is 5.82 Å². The van der Waals surface area contributed by atoms with E-state index in [1.807, 2.05) is 12.1 Å². The quantitative estimate of drug-likeness (QED) is 0.512. The second-order valence-electron chi connectivity index (χ2n) is 5.57. The van der Waals surface area contributed by atoms with Crippen LogP contribution in [-0.4, -0.2) is 14.3 Å². The van der Waals surface area contributed by atoms with Crippen molar-refractivity contribution in [3.63, 3.8) is 0 Å². The van der Waals surface area contributed by atoms with E-state index in [1.165, 1.54) is 48.5 Å². The number of halogens is 2. The number of hydrogen-bond donors (Lipinski definition) is 2. The van der Waals surface area contributed by atoms with Crippen LogP contribution in [0.15, 0.2) is 77.7 Å². The van der Waals surface area contributed by atoms with E-state index in [4.69, 9.17) is 0 Å². The minimum Gasteiger partial charge on any atom is -0.322 e. The van der Waals surface area contributed by atoms with Gasteiger partial charge in [0.05, 0.1) is 10.5 Å². The molecule has 2 N–H and O–H groups in total. The number of carbonyl (C=O) groups is 1. The number of sulfonamides is 1. The van der Waals surface area contributed by atoms with Crippen LogP contribution in [0, 0.1) is 9.39 Å². The Balaban J connectivity index is 1.73. The minimum absolute atomic E-state index is 0.0270. The lowest BCUT2D eigenvalue weighted by Gasteiger charge is -2.10. The normalized spacial score (nSPS) is 11.0. The Morgan fingerprint density at radius 1 is 0.852 bits per heavy atom. The highest BCUT2D eigenvalue weighted by atomic mass is 127. The van der Waals surface area contributed by atoms with Crippen LogP contribution < -0.4 is 10.0 Å². The predicted molar refractivity (Wildman–Crippen MR) is 111 cm³/mol. The van der Waals surface area contributed by atoms with Gasteiger partial charge in [-0.1, -0.05) is 12.1 Å². The third-order valence-corrected chi connectivity index (χ3v) is 5.98. The number of hydrogen-bond acceptors (Lipinski definition) is 3. The van der Waals surface area contributed by atoms with E-state index in [2.05, 4.69) is 32.6 Å². The molecule has 0 spiro atoms. The Hall–Kier alpha value is -2.46. The molecule has 8 heteroatoms. The maximum Gasteiger partial charge on any atom is 0.261 e. The predicted octanol–water partition coefficient (Wildman–Crippen LogP) is 4.48. The van der Waals surface area contributed by atoms with Gasteiger partial charge in [-0.3, -0.25) is 9.52 Å². The second-order valence-corrected chi connectivity index (χ2v) is 8.42. The van der Waals surface area contributed by atoms with Crippen molar-refractivity contribution >= 4 is 49.9 Å². The van der Waals surface area contributed by atoms with Gasteiger partial charge in [0.25, 0.3) is 15.9 Å². The molecule has 0 radical (unpaired) electrons. The summed E-state index contributed by atoms with van der Waals surface area (Å²) in [5.41, 5.74) is 1.26. The molecular formula is C19H14FIN2O3S. The first-order valence-electron chi connectivity index (χ1n) is 7.79. The summed E-state index contributed by atoms with van der Waals surface area (Å²) in [7, 11) is -3.82. The zero-order valence-electron chi connectivity index (χ0n) is 13.8. The molecule has 0 aromatic heterocycles. The third kappa shape index (κ3) is 4.83. The average molecular weight is 496 g/mol. The molecule has 0 saturated heterocycles. The van der Waals surface area contributed by atoms with Gasteiger partial charge in [-0.2, -0.15) is 0 Å². The van der Waals surface area contributed by atoms with Crippen LogP contribution in [0.5, 0.6) is 0 Å². The van der Waals surface area contributed by atoms with Gasteiger partial charge >= 0.3 is 0 Å². The first-order valence-corrected chi connectivity index (χ1v) is 10.4. The van der Waals surface area contributed by atoms with Crippen LogP contribution in [0.3, 0.4) is 0 Å². The van der Waals surface area contributed by atoms with Crippen LogP contribution in [0.4, 0.5) is 15.8 Å². The van der Waals surface area contributed by atoms with Crippen molar-refractivity contribution in [1.82, 2.24) is 0 Å². The summed E-state index contributed by atoms with van der Waals surface area (Å²) in [6.07, 6.45) is 0. The number of rotatable bonds is 5. The van der Waals surface area contributed by atoms with E-state index in [0.717, 1.165) is 3.57 Å². The molecule has 3 aromatic carbocycles. The van der Waals surface area contributed by atoms with Gasteiger partial charge in [-0.15, -0.1) is 0 Å². The molecule has 0 aliphatic rings. The van der Waals surface area contributed by atoms with Crippen LogP contribution in [0.1, 0.15) is 10.4 Å². The Morgan fingerprint density at radius 3 is 2.07 bits per heavy atom. The molecule has 0 aliphatic heterocycles. The second kappa shape index (κ2) is 8.05. The van der Waals surface area contributed by atoms with Crippen LogP contribution in [0.2, 0.25) is 0 Å². The topological polar surface area (TPSA) is 75.3 Å². The molecule has 138 valence electrons. The summed E-state index contributed by atoms with van der Waals surface area (Å²) in [6.45, 7) is 0. The zero-order chi connectivity index (χ0) is 19.4. The van der Waals surface area contributed by atoms with Crippen molar-refractivity contribution in [2.24, 2.45) is 0 Å². The lowest BCUT2D eigenvalue weighted by molar-refractivity contribution is 0.102. The van der Waals surface area contributed by atoms with Crippen LogP contribution in [0.25, 0.3) is 0 Å². The molecule has 1 amide bonds. The molecule has 3 rings (SSSR count). The molecule has 5 nitrogen and oxygen atoms in total. The van der Waals surface area contributed by atoms with Crippen LogP contribution >= 0.6 is 22.6 Å². The fourth-order valence-corrected chi connectivity index (χ4v) is 3.98. The van der Waals surface area contributed by atoms with E-state index in [-0.39, 0.29) is 16.5 Å². The van der Waals surface area contributed by atoms with Crippen molar-refractivity contribution in [3.8, 4) is 0 Å². The summed E-state index contributed by atoms with van der Waals surface area (Å²) in [5.74, 6) is -0.730. The Kier molecular flexibility index (Phi) is 5.76. The molecule has 0 atom stereocenters. The van der Waals surface area contributed by atoms with Crippen molar-refractivity contribution in [3.05, 3.63) is 87.7 Å². The van der Waals surface area contributed by atoms with E-state index >= 15 is 0 Å². The number of nitrogens with one attached hydrogen (secondary N) is 2. The van der Waals surface area contributed by atoms with E-state index in [9.17, 15) is 17.6 Å². The van der Waals surface area contributed by atoms with Crippen molar-refractivity contribution < 1.29 is 17.6 Å². The number of amides is 1. The molecular weight excluding hydrogens is 482 g/mol. The maximum atomic E-state index is 12.9. The maximum absolute atomic E-state index is 12.9. The zero-order valence-corrected chi connectivity index (χ0v) is 16.8. The summed E-state index contributed by atoms with van der Waals surface area (Å²) in [4.78, 5) is 12.3. The highest BCUT2D eigenvalue weighted by Crippen LogP contribution is 2.20. The van der Waals surface area contributed by atoms with Crippen molar-refractivity contribution in [1.29, 1.82) is 0 Å². The van der Waals surface area contributed by atoms with E-state index in [1.54, 1.807) is 12.1 Å². The van der Waals surface area contributed by atoms with Gasteiger partial charge in [0.15, 0.2) is 0 Å². The van der Waals surface area contributed by atoms with Crippen molar-refractivity contribution in [2.45, 2.75) is 4.90 Å². The van der Waals surface area contributed by atoms with Gasteiger partial charge in [-0.25, -0.2) is 12.8 Å². The lowest BCUT2D eigenvalue weighted by atomic mass is 10.2. The Morgan fingerprint density at radius 2 is 1.44 bits per heavy atom. The number of anilines is 2. The fourth-order valence-electron chi connectivity index (χ4n) is 2.29. The third-order valence-electron chi connectivity index (χ3n) is 3.64. The van der Waals surface area contributed by atoms with Gasteiger partial charge in [0.2, 0.25) is 0 Å². The van der Waals surface area contributed by atoms with Gasteiger partial charge < -0.3 is 5.32 Å². The monoisotopic (exact) mass is 496 g/mol. The number of benzene rings is 3. The standard InChI is InChI=1S/C19H14FIN2O3S/c20-13-5-7-15(8-6-13)23-27(25,26)16-11-9-14(10-12-16)22-19(24)17-3-1-2-4-18(17)21/h1-12,23H,(H,22,24). The molecule has 0 unspecified atom stereocenters. The molecule has 0 saturated carbocycles. The van der Waals surface area contributed by atoms with E-state index in [0.29, 0.717) is 11.3 Å². The summed E-state index contributed by atoms with van der Waals surface area (Å²) >= 11 is 2.07. The molecule has 3 aromatic rings. The van der Waals surface area contributed by atoms with E-state index < -0.39 is 15.8 Å². The van der Waals surface area contributed by atoms with Gasteiger partial charge in [0, 0.05) is 14.9 Å². The lowest BCUT2D eigenvalue weighted by Crippen LogP contribution is -2.15. The summed E-state index contributed by atoms with van der Waals surface area (Å²) in [5, 5.41) is 2.73. The fraction of sp³-hybridized carbons (Fsp3) is 0. The molecule has 0 fully saturated rings. The van der Waals surface area contributed by atoms with Crippen LogP contribution in [-0.2, 0) is 10.0 Å². The first kappa shape index (κ1) is 19.3. The molecule has 0 aliphatic carbocycles. The summed E-state index contributed by atoms with van der Waals surface area (Å²) in [6, 6.07) is 17.9. The molecule has 0 bridgehead atoms. The Labute approximate surface area is 169 Å². The smallest absolute Gasteiger partial charge is 0.261 e. The molecule has 0 heterocycles. The van der Waals surface area contributed by atoms with Gasteiger partial charge in [-0.05, 0) is 83.3 Å². The minimum atomic E-state index is -3.82. The first-order chi connectivity index (χ1) is 12.8. The molecule has 27 heavy (non-hydrogen) atoms.